The molecule has 0 aromatic rings. The van der Waals surface area contributed by atoms with E-state index in [1.165, 1.54) is 41.8 Å². The fourth-order valence-electron chi connectivity index (χ4n) is 4.07. The van der Waals surface area contributed by atoms with Crippen LogP contribution in [0.25, 0.3) is 0 Å². The molecular weight excluding hydrogens is 336 g/mol. The van der Waals surface area contributed by atoms with Crippen LogP contribution in [0, 0.1) is 0 Å². The highest BCUT2D eigenvalue weighted by Crippen LogP contribution is 2.33. The van der Waals surface area contributed by atoms with E-state index in [1.54, 1.807) is 5.20 Å². The van der Waals surface area contributed by atoms with Crippen molar-refractivity contribution in [2.24, 2.45) is 0 Å². The average Bonchev–Trinajstić information content (AvgIpc) is 2.61. The van der Waals surface area contributed by atoms with Crippen molar-refractivity contribution in [2.75, 3.05) is 0 Å². The summed E-state index contributed by atoms with van der Waals surface area (Å²) in [4.78, 5) is 0. The summed E-state index contributed by atoms with van der Waals surface area (Å²) in [6, 6.07) is 7.56. The van der Waals surface area contributed by atoms with E-state index in [0.717, 1.165) is 12.8 Å². The van der Waals surface area contributed by atoms with Gasteiger partial charge in [0, 0.05) is 0 Å². The van der Waals surface area contributed by atoms with E-state index in [4.69, 9.17) is 4.43 Å². The molecule has 0 aliphatic rings. The minimum absolute atomic E-state index is 0.204. The van der Waals surface area contributed by atoms with Crippen molar-refractivity contribution in [3.63, 3.8) is 0 Å². The highest BCUT2D eigenvalue weighted by atomic mass is 28.4. The Morgan fingerprint density at radius 2 is 1.40 bits per heavy atom. The molecule has 0 aromatic carbocycles. The third kappa shape index (κ3) is 7.03. The van der Waals surface area contributed by atoms with Gasteiger partial charge >= 0.3 is 0 Å². The SMILES string of the molecule is C=CC/C(=C\C(CC(=C)C)O[Si](CC)(CC)CC)[Si](CC)(CC)CC. The molecule has 0 bridgehead atoms. The van der Waals surface area contributed by atoms with Crippen molar-refractivity contribution in [3.05, 3.63) is 36.1 Å². The van der Waals surface area contributed by atoms with Gasteiger partial charge in [0.2, 0.25) is 0 Å². The Bertz CT molecular complexity index is 415. The third-order valence-electron chi connectivity index (χ3n) is 6.35. The number of allylic oxidation sites excluding steroid dienone is 2. The highest BCUT2D eigenvalue weighted by molar-refractivity contribution is 6.86. The molecule has 0 aromatic heterocycles. The summed E-state index contributed by atoms with van der Waals surface area (Å²) < 4.78 is 6.89. The van der Waals surface area contributed by atoms with Crippen molar-refractivity contribution in [1.82, 2.24) is 0 Å². The molecule has 0 aliphatic heterocycles. The zero-order valence-electron chi connectivity index (χ0n) is 18.2. The first-order valence-electron chi connectivity index (χ1n) is 10.5. The van der Waals surface area contributed by atoms with E-state index in [9.17, 15) is 0 Å². The molecular formula is C22H44OSi2. The van der Waals surface area contributed by atoms with Gasteiger partial charge in [-0.1, -0.05) is 82.6 Å². The van der Waals surface area contributed by atoms with Gasteiger partial charge in [-0.3, -0.25) is 0 Å². The van der Waals surface area contributed by atoms with Gasteiger partial charge < -0.3 is 4.43 Å². The zero-order chi connectivity index (χ0) is 19.5. The average molecular weight is 381 g/mol. The molecule has 0 aliphatic carbocycles. The largest absolute Gasteiger partial charge is 0.410 e. The van der Waals surface area contributed by atoms with Crippen LogP contribution < -0.4 is 0 Å². The van der Waals surface area contributed by atoms with Crippen molar-refractivity contribution in [1.29, 1.82) is 0 Å². The maximum Gasteiger partial charge on any atom is 0.192 e. The van der Waals surface area contributed by atoms with Gasteiger partial charge in [-0.2, -0.15) is 0 Å². The van der Waals surface area contributed by atoms with Gasteiger partial charge in [0.05, 0.1) is 14.2 Å². The molecule has 0 N–H and O–H groups in total. The van der Waals surface area contributed by atoms with Crippen LogP contribution >= 0.6 is 0 Å². The standard InChI is InChI=1S/C22H44OSi2/c1-10-17-22(24(11-2,12-3)13-4)19-21(18-20(8)9)23-25(14-5,15-6)16-7/h10,19,21H,1,8,11-18H2,2-7,9H3/b22-19+. The Morgan fingerprint density at radius 1 is 0.920 bits per heavy atom. The smallest absolute Gasteiger partial charge is 0.192 e. The lowest BCUT2D eigenvalue weighted by Gasteiger charge is -2.36. The maximum absolute atomic E-state index is 6.89. The van der Waals surface area contributed by atoms with E-state index in [0.29, 0.717) is 0 Å². The molecule has 0 heterocycles. The van der Waals surface area contributed by atoms with E-state index < -0.39 is 16.4 Å². The first kappa shape index (κ1) is 24.6. The second kappa shape index (κ2) is 12.1. The quantitative estimate of drug-likeness (QED) is 0.220. The lowest BCUT2D eigenvalue weighted by atomic mass is 10.1. The van der Waals surface area contributed by atoms with E-state index >= 15 is 0 Å². The summed E-state index contributed by atoms with van der Waals surface area (Å²) in [6.45, 7) is 24.4. The molecule has 0 spiro atoms. The minimum Gasteiger partial charge on any atom is -0.410 e. The normalized spacial score (nSPS) is 14.4. The minimum atomic E-state index is -1.62. The number of hydrogen-bond acceptors (Lipinski definition) is 1. The van der Waals surface area contributed by atoms with Crippen LogP contribution in [-0.4, -0.2) is 22.5 Å². The monoisotopic (exact) mass is 380 g/mol. The van der Waals surface area contributed by atoms with Gasteiger partial charge in [-0.15, -0.1) is 13.2 Å². The molecule has 3 heteroatoms. The van der Waals surface area contributed by atoms with Crippen LogP contribution in [0.1, 0.15) is 61.3 Å². The van der Waals surface area contributed by atoms with E-state index in [1.807, 2.05) is 0 Å². The Balaban J connectivity index is 5.91. The van der Waals surface area contributed by atoms with Gasteiger partial charge in [-0.25, -0.2) is 0 Å². The van der Waals surface area contributed by atoms with Crippen molar-refractivity contribution >= 4 is 16.4 Å². The molecule has 0 fully saturated rings. The summed E-state index contributed by atoms with van der Waals surface area (Å²) in [7, 11) is -3.01. The van der Waals surface area contributed by atoms with Crippen LogP contribution in [0.15, 0.2) is 36.1 Å². The predicted molar refractivity (Wildman–Crippen MR) is 122 cm³/mol. The predicted octanol–water partition coefficient (Wildman–Crippen LogP) is 7.89. The second-order valence-corrected chi connectivity index (χ2v) is 17.6. The number of rotatable bonds is 14. The molecule has 25 heavy (non-hydrogen) atoms. The summed E-state index contributed by atoms with van der Waals surface area (Å²) in [5.41, 5.74) is 1.22. The Hall–Kier alpha value is -0.386. The third-order valence-corrected chi connectivity index (χ3v) is 16.8. The van der Waals surface area contributed by atoms with Gasteiger partial charge in [0.15, 0.2) is 8.32 Å². The lowest BCUT2D eigenvalue weighted by Crippen LogP contribution is -2.41. The first-order chi connectivity index (χ1) is 11.8. The second-order valence-electron chi connectivity index (χ2n) is 7.59. The van der Waals surface area contributed by atoms with Crippen LogP contribution in [-0.2, 0) is 4.43 Å². The topological polar surface area (TPSA) is 9.23 Å². The Morgan fingerprint density at radius 3 is 1.72 bits per heavy atom. The summed E-state index contributed by atoms with van der Waals surface area (Å²) in [5, 5.41) is 1.66. The molecule has 146 valence electrons. The fraction of sp³-hybridized carbons (Fsp3) is 0.727. The van der Waals surface area contributed by atoms with Crippen LogP contribution in [0.2, 0.25) is 36.3 Å². The van der Waals surface area contributed by atoms with Crippen molar-refractivity contribution < 1.29 is 4.43 Å². The maximum atomic E-state index is 6.89. The zero-order valence-corrected chi connectivity index (χ0v) is 20.2. The molecule has 1 atom stereocenters. The van der Waals surface area contributed by atoms with Gasteiger partial charge in [0.25, 0.3) is 0 Å². The summed E-state index contributed by atoms with van der Waals surface area (Å²) in [6.07, 6.45) is 6.79. The summed E-state index contributed by atoms with van der Waals surface area (Å²) >= 11 is 0. The van der Waals surface area contributed by atoms with Crippen molar-refractivity contribution in [3.8, 4) is 0 Å². The van der Waals surface area contributed by atoms with Gasteiger partial charge in [0.1, 0.15) is 0 Å². The molecule has 0 saturated heterocycles. The lowest BCUT2D eigenvalue weighted by molar-refractivity contribution is 0.232. The first-order valence-corrected chi connectivity index (χ1v) is 15.6. The molecule has 0 saturated carbocycles. The van der Waals surface area contributed by atoms with Gasteiger partial charge in [-0.05, 0) is 37.9 Å². The molecule has 0 amide bonds. The Kier molecular flexibility index (Phi) is 11.9. The molecule has 0 radical (unpaired) electrons. The summed E-state index contributed by atoms with van der Waals surface area (Å²) in [5.74, 6) is 0. The van der Waals surface area contributed by atoms with Crippen LogP contribution in [0.3, 0.4) is 0 Å². The fourth-order valence-corrected chi connectivity index (χ4v) is 10.8. The number of hydrogen-bond donors (Lipinski definition) is 0. The Labute approximate surface area is 160 Å². The van der Waals surface area contributed by atoms with E-state index in [-0.39, 0.29) is 6.10 Å². The molecule has 0 rings (SSSR count). The van der Waals surface area contributed by atoms with Crippen LogP contribution in [0.4, 0.5) is 0 Å². The van der Waals surface area contributed by atoms with E-state index in [2.05, 4.69) is 73.8 Å². The molecule has 1 nitrogen and oxygen atoms in total. The van der Waals surface area contributed by atoms with Crippen molar-refractivity contribution in [2.45, 2.75) is 104 Å². The molecule has 1 unspecified atom stereocenters. The van der Waals surface area contributed by atoms with Crippen LogP contribution in [0.5, 0.6) is 0 Å². The highest BCUT2D eigenvalue weighted by Gasteiger charge is 2.34.